The van der Waals surface area contributed by atoms with Gasteiger partial charge >= 0.3 is 0 Å². The molecule has 0 saturated heterocycles. The van der Waals surface area contributed by atoms with Crippen LogP contribution in [0.1, 0.15) is 38.8 Å². The molecular formula is C23H28IN3O2. The van der Waals surface area contributed by atoms with E-state index in [1.54, 1.807) is 12.1 Å². The van der Waals surface area contributed by atoms with Crippen LogP contribution in [0.25, 0.3) is 6.08 Å². The predicted molar refractivity (Wildman–Crippen MR) is 133 cm³/mol. The van der Waals surface area contributed by atoms with Gasteiger partial charge in [0.1, 0.15) is 0 Å². The van der Waals surface area contributed by atoms with Crippen LogP contribution in [0, 0.1) is 10.1 Å². The fourth-order valence-electron chi connectivity index (χ4n) is 3.61. The van der Waals surface area contributed by atoms with E-state index >= 15 is 0 Å². The number of non-ortho nitro benzene ring substituents is 1. The van der Waals surface area contributed by atoms with Gasteiger partial charge in [0.2, 0.25) is 0 Å². The molecule has 2 aromatic rings. The number of hydrogen-bond donors (Lipinski definition) is 0. The van der Waals surface area contributed by atoms with E-state index in [9.17, 15) is 10.1 Å². The fourth-order valence-corrected chi connectivity index (χ4v) is 6.31. The lowest BCUT2D eigenvalue weighted by Gasteiger charge is -2.36. The summed E-state index contributed by atoms with van der Waals surface area (Å²) in [7, 11) is 2.08. The second-order valence-corrected chi connectivity index (χ2v) is 10.7. The average Bonchev–Trinajstić information content (AvgIpc) is 2.71. The highest BCUT2D eigenvalue weighted by Gasteiger charge is 2.34. The van der Waals surface area contributed by atoms with Crippen LogP contribution >= 0.6 is 21.0 Å². The Kier molecular flexibility index (Phi) is 6.41. The van der Waals surface area contributed by atoms with Crippen molar-refractivity contribution in [3.8, 4) is 0 Å². The molecule has 0 amide bonds. The third kappa shape index (κ3) is 4.37. The average molecular weight is 505 g/mol. The van der Waals surface area contributed by atoms with E-state index in [0.29, 0.717) is 0 Å². The molecule has 0 unspecified atom stereocenters. The summed E-state index contributed by atoms with van der Waals surface area (Å²) in [4.78, 5) is 13.3. The molecule has 1 aliphatic heterocycles. The Morgan fingerprint density at radius 3 is 2.34 bits per heavy atom. The van der Waals surface area contributed by atoms with Gasteiger partial charge in [-0.25, -0.2) is 0 Å². The van der Waals surface area contributed by atoms with Gasteiger partial charge in [-0.1, -0.05) is 38.1 Å². The molecule has 154 valence electrons. The third-order valence-corrected chi connectivity index (χ3v) is 8.93. The summed E-state index contributed by atoms with van der Waals surface area (Å²) in [6.07, 6.45) is 4.39. The standard InChI is InChI=1S/C23H28IN3O2/c1-6-26(7-2)18-11-8-17(9-12-18)10-15-22-23(3,4)20-16-19(27(28)29)13-14-21(20)25(5)24-22/h8-16H,6-7H2,1-5H3. The number of halogens is 1. The Labute approximate surface area is 183 Å². The fraction of sp³-hybridized carbons (Fsp3) is 0.348. The van der Waals surface area contributed by atoms with E-state index in [4.69, 9.17) is 0 Å². The van der Waals surface area contributed by atoms with Gasteiger partial charge in [-0.3, -0.25) is 10.1 Å². The number of allylic oxidation sites excluding steroid dienone is 1. The number of anilines is 2. The van der Waals surface area contributed by atoms with Gasteiger partial charge in [0.15, 0.2) is 0 Å². The molecule has 5 nitrogen and oxygen atoms in total. The summed E-state index contributed by atoms with van der Waals surface area (Å²) >= 11 is -0.354. The van der Waals surface area contributed by atoms with Gasteiger partial charge in [-0.05, 0) is 43.2 Å². The lowest BCUT2D eigenvalue weighted by molar-refractivity contribution is -0.384. The van der Waals surface area contributed by atoms with Gasteiger partial charge in [0, 0.05) is 73.6 Å². The van der Waals surface area contributed by atoms with Crippen molar-refractivity contribution in [3.63, 3.8) is 0 Å². The number of hydrogen-bond acceptors (Lipinski definition) is 4. The second-order valence-electron chi connectivity index (χ2n) is 7.59. The zero-order valence-electron chi connectivity index (χ0n) is 17.6. The zero-order chi connectivity index (χ0) is 21.2. The van der Waals surface area contributed by atoms with Crippen molar-refractivity contribution in [2.75, 3.05) is 28.2 Å². The van der Waals surface area contributed by atoms with Crippen molar-refractivity contribution < 1.29 is 4.92 Å². The van der Waals surface area contributed by atoms with Crippen molar-refractivity contribution in [1.29, 1.82) is 0 Å². The van der Waals surface area contributed by atoms with E-state index in [1.807, 2.05) is 6.07 Å². The molecule has 0 bridgehead atoms. The highest BCUT2D eigenvalue weighted by Crippen LogP contribution is 2.44. The molecule has 0 radical (unpaired) electrons. The number of nitrogens with zero attached hydrogens (tertiary/aromatic N) is 3. The minimum atomic E-state index is -0.354. The molecular weight excluding hydrogens is 477 g/mol. The minimum Gasteiger partial charge on any atom is -0.372 e. The number of nitro benzene ring substituents is 1. The Morgan fingerprint density at radius 2 is 1.76 bits per heavy atom. The van der Waals surface area contributed by atoms with Gasteiger partial charge in [-0.15, -0.1) is 0 Å². The number of fused-ring (bicyclic) bond motifs is 1. The number of nitro groups is 1. The largest absolute Gasteiger partial charge is 0.372 e. The summed E-state index contributed by atoms with van der Waals surface area (Å²) in [5.74, 6) is 0. The maximum Gasteiger partial charge on any atom is 0.269 e. The molecule has 0 aliphatic carbocycles. The molecule has 0 fully saturated rings. The van der Waals surface area contributed by atoms with Crippen LogP contribution in [0.4, 0.5) is 17.1 Å². The third-order valence-electron chi connectivity index (χ3n) is 5.45. The quantitative estimate of drug-likeness (QED) is 0.211. The monoisotopic (exact) mass is 505 g/mol. The Hall–Kier alpha value is -2.22. The minimum absolute atomic E-state index is 0.153. The zero-order valence-corrected chi connectivity index (χ0v) is 19.8. The molecule has 29 heavy (non-hydrogen) atoms. The molecule has 0 atom stereocenters. The number of benzene rings is 2. The smallest absolute Gasteiger partial charge is 0.269 e. The van der Waals surface area contributed by atoms with Crippen LogP contribution in [-0.2, 0) is 5.41 Å². The maximum atomic E-state index is 11.3. The van der Waals surface area contributed by atoms with Crippen molar-refractivity contribution in [1.82, 2.24) is 0 Å². The Bertz CT molecular complexity index is 961. The van der Waals surface area contributed by atoms with Crippen molar-refractivity contribution >= 4 is 47.7 Å². The Morgan fingerprint density at radius 1 is 1.10 bits per heavy atom. The van der Waals surface area contributed by atoms with Crippen molar-refractivity contribution in [2.24, 2.45) is 0 Å². The van der Waals surface area contributed by atoms with Gasteiger partial charge in [0.05, 0.1) is 4.92 Å². The van der Waals surface area contributed by atoms with Gasteiger partial charge in [0.25, 0.3) is 5.69 Å². The van der Waals surface area contributed by atoms with Crippen molar-refractivity contribution in [3.05, 3.63) is 69.8 Å². The van der Waals surface area contributed by atoms with E-state index < -0.39 is 0 Å². The topological polar surface area (TPSA) is 49.6 Å². The summed E-state index contributed by atoms with van der Waals surface area (Å²) < 4.78 is 3.62. The van der Waals surface area contributed by atoms with Crippen LogP contribution in [0.3, 0.4) is 0 Å². The highest BCUT2D eigenvalue weighted by atomic mass is 127. The highest BCUT2D eigenvalue weighted by molar-refractivity contribution is 14.2. The van der Waals surface area contributed by atoms with E-state index in [-0.39, 0.29) is 37.0 Å². The molecule has 1 heterocycles. The SMILES string of the molecule is CCN(CC)c1ccc(C=CC2=IN(C)c3ccc([N+](=O)[O-])cc3C2(C)C)cc1. The molecule has 2 aromatic carbocycles. The summed E-state index contributed by atoms with van der Waals surface area (Å²) in [5, 5.41) is 11.3. The van der Waals surface area contributed by atoms with E-state index in [0.717, 1.165) is 24.3 Å². The first-order valence-corrected chi connectivity index (χ1v) is 11.9. The Balaban J connectivity index is 1.89. The van der Waals surface area contributed by atoms with Gasteiger partial charge in [-0.2, -0.15) is 0 Å². The number of rotatable bonds is 6. The predicted octanol–water partition coefficient (Wildman–Crippen LogP) is 5.94. The van der Waals surface area contributed by atoms with Crippen LogP contribution < -0.4 is 8.01 Å². The first-order valence-electron chi connectivity index (χ1n) is 9.86. The van der Waals surface area contributed by atoms with Crippen LogP contribution in [0.2, 0.25) is 0 Å². The van der Waals surface area contributed by atoms with Crippen LogP contribution in [0.5, 0.6) is 0 Å². The van der Waals surface area contributed by atoms with E-state index in [2.05, 4.69) is 79.2 Å². The molecule has 1 aliphatic rings. The molecule has 0 N–H and O–H groups in total. The second kappa shape index (κ2) is 8.65. The van der Waals surface area contributed by atoms with E-state index in [1.165, 1.54) is 14.8 Å². The van der Waals surface area contributed by atoms with Crippen LogP contribution in [0.15, 0.2) is 48.5 Å². The van der Waals surface area contributed by atoms with Crippen molar-refractivity contribution in [2.45, 2.75) is 33.1 Å². The molecule has 0 spiro atoms. The first-order chi connectivity index (χ1) is 13.8. The lowest BCUT2D eigenvalue weighted by atomic mass is 9.80. The molecule has 0 saturated carbocycles. The van der Waals surface area contributed by atoms with Gasteiger partial charge < -0.3 is 8.01 Å². The maximum absolute atomic E-state index is 11.3. The van der Waals surface area contributed by atoms with Crippen LogP contribution in [-0.4, -0.2) is 28.6 Å². The summed E-state index contributed by atoms with van der Waals surface area (Å²) in [5.41, 5.74) is 4.47. The molecule has 6 heteroatoms. The molecule has 3 rings (SSSR count). The molecule has 0 aromatic heterocycles. The first kappa shape index (κ1) is 21.5. The summed E-state index contributed by atoms with van der Waals surface area (Å²) in [6.45, 7) is 10.7. The summed E-state index contributed by atoms with van der Waals surface area (Å²) in [6, 6.07) is 13.9. The lowest BCUT2D eigenvalue weighted by Crippen LogP contribution is -2.32. The normalized spacial score (nSPS) is 15.5.